The van der Waals surface area contributed by atoms with Crippen molar-refractivity contribution in [2.75, 3.05) is 63.9 Å². The summed E-state index contributed by atoms with van der Waals surface area (Å²) in [5, 5.41) is 5.22. The molecule has 5 rings (SSSR count). The minimum atomic E-state index is 0.207. The van der Waals surface area contributed by atoms with Gasteiger partial charge >= 0.3 is 0 Å². The van der Waals surface area contributed by atoms with Gasteiger partial charge in [0.15, 0.2) is 5.82 Å². The van der Waals surface area contributed by atoms with E-state index in [4.69, 9.17) is 14.7 Å². The number of fused-ring (bicyclic) bond motifs is 1. The third kappa shape index (κ3) is 4.03. The van der Waals surface area contributed by atoms with Gasteiger partial charge in [-0.15, -0.1) is 0 Å². The number of rotatable bonds is 4. The normalized spacial score (nSPS) is 18.1. The number of hydrogen-bond acceptors (Lipinski definition) is 7. The highest BCUT2D eigenvalue weighted by Gasteiger charge is 2.25. The van der Waals surface area contributed by atoms with Crippen LogP contribution in [0.4, 0.5) is 5.82 Å². The van der Waals surface area contributed by atoms with Crippen molar-refractivity contribution in [1.82, 2.24) is 19.8 Å². The van der Waals surface area contributed by atoms with Crippen LogP contribution in [0.3, 0.4) is 0 Å². The van der Waals surface area contributed by atoms with Crippen LogP contribution in [0.5, 0.6) is 0 Å². The Morgan fingerprint density at radius 2 is 1.80 bits per heavy atom. The fourth-order valence-electron chi connectivity index (χ4n) is 4.04. The van der Waals surface area contributed by atoms with Crippen LogP contribution in [0, 0.1) is 0 Å². The molecule has 2 aliphatic rings. The van der Waals surface area contributed by atoms with E-state index in [9.17, 15) is 4.79 Å². The molecule has 3 aromatic rings. The molecule has 0 radical (unpaired) electrons. The average Bonchev–Trinajstić information content (AvgIpc) is 3.35. The van der Waals surface area contributed by atoms with E-state index in [0.717, 1.165) is 54.3 Å². The summed E-state index contributed by atoms with van der Waals surface area (Å²) in [6.45, 7) is 6.58. The maximum atomic E-state index is 12.6. The average molecular weight is 424 g/mol. The first-order valence-corrected chi connectivity index (χ1v) is 11.3. The summed E-state index contributed by atoms with van der Waals surface area (Å²) in [4.78, 5) is 28.8. The number of ether oxygens (including phenoxy) is 1. The van der Waals surface area contributed by atoms with Crippen molar-refractivity contribution >= 4 is 34.0 Å². The smallest absolute Gasteiger partial charge is 0.236 e. The van der Waals surface area contributed by atoms with Gasteiger partial charge in [-0.25, -0.2) is 9.97 Å². The predicted molar refractivity (Wildman–Crippen MR) is 119 cm³/mol. The summed E-state index contributed by atoms with van der Waals surface area (Å²) in [7, 11) is 0. The van der Waals surface area contributed by atoms with Gasteiger partial charge in [0, 0.05) is 55.6 Å². The Balaban J connectivity index is 1.31. The zero-order valence-electron chi connectivity index (χ0n) is 16.9. The Morgan fingerprint density at radius 1 is 1.00 bits per heavy atom. The first-order valence-electron chi connectivity index (χ1n) is 10.4. The first kappa shape index (κ1) is 19.4. The standard InChI is InChI=1S/C22H25N5O2S/c28-20(26-10-12-29-13-11-26)15-25-6-8-27(9-7-25)22-18-3-1-2-4-19(18)23-21(24-22)17-5-14-30-16-17/h1-5,14,16H,6-13,15H2. The summed E-state index contributed by atoms with van der Waals surface area (Å²) < 4.78 is 5.35. The van der Waals surface area contributed by atoms with E-state index in [1.54, 1.807) is 11.3 Å². The number of anilines is 1. The van der Waals surface area contributed by atoms with E-state index >= 15 is 0 Å². The second-order valence-electron chi connectivity index (χ2n) is 7.66. The molecule has 0 saturated carbocycles. The maximum Gasteiger partial charge on any atom is 0.236 e. The number of hydrogen-bond donors (Lipinski definition) is 0. The maximum absolute atomic E-state index is 12.6. The van der Waals surface area contributed by atoms with Gasteiger partial charge in [0.2, 0.25) is 5.91 Å². The zero-order valence-corrected chi connectivity index (χ0v) is 17.7. The van der Waals surface area contributed by atoms with Gasteiger partial charge < -0.3 is 14.5 Å². The summed E-state index contributed by atoms with van der Waals surface area (Å²) in [6, 6.07) is 10.3. The highest BCUT2D eigenvalue weighted by Crippen LogP contribution is 2.29. The number of amides is 1. The Labute approximate surface area is 179 Å². The van der Waals surface area contributed by atoms with Gasteiger partial charge in [0.1, 0.15) is 5.82 Å². The Morgan fingerprint density at radius 3 is 2.57 bits per heavy atom. The third-order valence-corrected chi connectivity index (χ3v) is 6.44. The lowest BCUT2D eigenvalue weighted by Gasteiger charge is -2.37. The molecule has 1 amide bonds. The number of carbonyl (C=O) groups is 1. The number of piperazine rings is 1. The molecule has 0 N–H and O–H groups in total. The number of nitrogens with zero attached hydrogens (tertiary/aromatic N) is 5. The van der Waals surface area contributed by atoms with Crippen LogP contribution in [0.2, 0.25) is 0 Å². The molecule has 2 saturated heterocycles. The van der Waals surface area contributed by atoms with Crippen molar-refractivity contribution < 1.29 is 9.53 Å². The predicted octanol–water partition coefficient (Wildman–Crippen LogP) is 2.34. The number of aromatic nitrogens is 2. The molecule has 156 valence electrons. The van der Waals surface area contributed by atoms with Crippen molar-refractivity contribution in [2.24, 2.45) is 0 Å². The highest BCUT2D eigenvalue weighted by atomic mass is 32.1. The Kier molecular flexibility index (Phi) is 5.61. The van der Waals surface area contributed by atoms with Crippen LogP contribution in [-0.2, 0) is 9.53 Å². The van der Waals surface area contributed by atoms with Crippen molar-refractivity contribution in [3.63, 3.8) is 0 Å². The fraction of sp³-hybridized carbons (Fsp3) is 0.409. The van der Waals surface area contributed by atoms with Gasteiger partial charge in [0.05, 0.1) is 25.3 Å². The third-order valence-electron chi connectivity index (χ3n) is 5.76. The van der Waals surface area contributed by atoms with Gasteiger partial charge in [-0.2, -0.15) is 11.3 Å². The number of carbonyl (C=O) groups excluding carboxylic acids is 1. The van der Waals surface area contributed by atoms with Crippen molar-refractivity contribution in [3.8, 4) is 11.4 Å². The minimum absolute atomic E-state index is 0.207. The van der Waals surface area contributed by atoms with Gasteiger partial charge in [-0.05, 0) is 23.6 Å². The van der Waals surface area contributed by atoms with Gasteiger partial charge in [-0.1, -0.05) is 12.1 Å². The lowest BCUT2D eigenvalue weighted by atomic mass is 10.2. The summed E-state index contributed by atoms with van der Waals surface area (Å²) in [5.74, 6) is 1.97. The molecule has 0 bridgehead atoms. The molecule has 2 fully saturated rings. The first-order chi connectivity index (χ1) is 14.8. The summed E-state index contributed by atoms with van der Waals surface area (Å²) >= 11 is 1.65. The molecule has 8 heteroatoms. The number of thiophene rings is 1. The van der Waals surface area contributed by atoms with Crippen LogP contribution in [0.15, 0.2) is 41.1 Å². The molecule has 2 aromatic heterocycles. The van der Waals surface area contributed by atoms with E-state index in [1.807, 2.05) is 23.1 Å². The molecule has 30 heavy (non-hydrogen) atoms. The Bertz CT molecular complexity index is 1010. The van der Waals surface area contributed by atoms with Gasteiger partial charge in [0.25, 0.3) is 0 Å². The quantitative estimate of drug-likeness (QED) is 0.642. The second kappa shape index (κ2) is 8.67. The van der Waals surface area contributed by atoms with Crippen LogP contribution < -0.4 is 4.90 Å². The number of para-hydroxylation sites is 1. The van der Waals surface area contributed by atoms with Crippen LogP contribution in [-0.4, -0.2) is 84.7 Å². The molecule has 2 aliphatic heterocycles. The molecule has 7 nitrogen and oxygen atoms in total. The minimum Gasteiger partial charge on any atom is -0.378 e. The van der Waals surface area contributed by atoms with E-state index in [0.29, 0.717) is 32.8 Å². The molecule has 0 spiro atoms. The summed E-state index contributed by atoms with van der Waals surface area (Å²) in [5.41, 5.74) is 2.02. The second-order valence-corrected chi connectivity index (χ2v) is 8.44. The summed E-state index contributed by atoms with van der Waals surface area (Å²) in [6.07, 6.45) is 0. The molecule has 1 aromatic carbocycles. The van der Waals surface area contributed by atoms with E-state index in [-0.39, 0.29) is 5.91 Å². The molecule has 4 heterocycles. The van der Waals surface area contributed by atoms with Crippen LogP contribution in [0.1, 0.15) is 0 Å². The number of morpholine rings is 1. The van der Waals surface area contributed by atoms with E-state index < -0.39 is 0 Å². The lowest BCUT2D eigenvalue weighted by molar-refractivity contribution is -0.136. The largest absolute Gasteiger partial charge is 0.378 e. The SMILES string of the molecule is O=C(CN1CCN(c2nc(-c3ccsc3)nc3ccccc23)CC1)N1CCOCC1. The van der Waals surface area contributed by atoms with E-state index in [2.05, 4.69) is 32.7 Å². The van der Waals surface area contributed by atoms with Crippen molar-refractivity contribution in [2.45, 2.75) is 0 Å². The van der Waals surface area contributed by atoms with Gasteiger partial charge in [-0.3, -0.25) is 9.69 Å². The molecular weight excluding hydrogens is 398 g/mol. The van der Waals surface area contributed by atoms with Crippen molar-refractivity contribution in [1.29, 1.82) is 0 Å². The lowest BCUT2D eigenvalue weighted by Crippen LogP contribution is -2.51. The van der Waals surface area contributed by atoms with Crippen LogP contribution >= 0.6 is 11.3 Å². The highest BCUT2D eigenvalue weighted by molar-refractivity contribution is 7.08. The monoisotopic (exact) mass is 423 g/mol. The topological polar surface area (TPSA) is 61.8 Å². The molecular formula is C22H25N5O2S. The molecule has 0 unspecified atom stereocenters. The van der Waals surface area contributed by atoms with E-state index in [1.165, 1.54) is 0 Å². The zero-order chi connectivity index (χ0) is 20.3. The van der Waals surface area contributed by atoms with Crippen LogP contribution in [0.25, 0.3) is 22.3 Å². The fourth-order valence-corrected chi connectivity index (χ4v) is 4.68. The Hall–Kier alpha value is -2.55. The molecule has 0 atom stereocenters. The molecule has 0 aliphatic carbocycles. The van der Waals surface area contributed by atoms with Crippen molar-refractivity contribution in [3.05, 3.63) is 41.1 Å². The number of benzene rings is 1.